The fraction of sp³-hybridized carbons (Fsp3) is 0.364. The lowest BCUT2D eigenvalue weighted by atomic mass is 9.67. The van der Waals surface area contributed by atoms with Gasteiger partial charge in [0.05, 0.1) is 35.9 Å². The molecular weight excluding hydrogens is 563 g/mol. The molecule has 0 spiro atoms. The van der Waals surface area contributed by atoms with Gasteiger partial charge in [-0.15, -0.1) is 0 Å². The van der Waals surface area contributed by atoms with Gasteiger partial charge in [-0.3, -0.25) is 19.5 Å². The number of allylic oxidation sites excluding steroid dienone is 2. The molecule has 2 aliphatic rings. The van der Waals surface area contributed by atoms with Crippen molar-refractivity contribution in [2.45, 2.75) is 51.7 Å². The first-order valence-corrected chi connectivity index (χ1v) is 14.9. The van der Waals surface area contributed by atoms with Crippen LogP contribution in [0.15, 0.2) is 76.4 Å². The van der Waals surface area contributed by atoms with Crippen molar-refractivity contribution in [2.75, 3.05) is 11.5 Å². The SMILES string of the molecule is CCCC1=C([C@H](O)CC/C(=C/c2ccc(CO)o2)c2ccccn2)[C@H](CO)[C@@H]2C(=O)N(c3cccc(B(O)O)c3)C(=O)[C@@H]2C1. The van der Waals surface area contributed by atoms with Gasteiger partial charge in [-0.2, -0.15) is 0 Å². The summed E-state index contributed by atoms with van der Waals surface area (Å²) in [5, 5.41) is 51.0. The first-order valence-electron chi connectivity index (χ1n) is 14.9. The van der Waals surface area contributed by atoms with Crippen LogP contribution in [0.3, 0.4) is 0 Å². The number of amides is 2. The van der Waals surface area contributed by atoms with Crippen LogP contribution in [0.5, 0.6) is 0 Å². The van der Waals surface area contributed by atoms with E-state index in [1.807, 2.05) is 31.2 Å². The summed E-state index contributed by atoms with van der Waals surface area (Å²) in [6.07, 6.45) is 4.85. The van der Waals surface area contributed by atoms with Crippen LogP contribution in [-0.4, -0.2) is 62.0 Å². The highest BCUT2D eigenvalue weighted by atomic mass is 16.4. The second kappa shape index (κ2) is 13.8. The minimum Gasteiger partial charge on any atom is -0.459 e. The average Bonchev–Trinajstić information content (AvgIpc) is 3.60. The Balaban J connectivity index is 1.44. The van der Waals surface area contributed by atoms with Crippen molar-refractivity contribution in [3.8, 4) is 0 Å². The molecule has 44 heavy (non-hydrogen) atoms. The van der Waals surface area contributed by atoms with Crippen molar-refractivity contribution >= 4 is 41.7 Å². The number of hydrogen-bond donors (Lipinski definition) is 5. The van der Waals surface area contributed by atoms with Gasteiger partial charge in [0.25, 0.3) is 0 Å². The van der Waals surface area contributed by atoms with Crippen molar-refractivity contribution in [3.63, 3.8) is 0 Å². The third kappa shape index (κ3) is 6.33. The first-order chi connectivity index (χ1) is 21.3. The van der Waals surface area contributed by atoms with E-state index in [-0.39, 0.29) is 24.2 Å². The summed E-state index contributed by atoms with van der Waals surface area (Å²) in [4.78, 5) is 33.0. The first kappa shape index (κ1) is 31.6. The summed E-state index contributed by atoms with van der Waals surface area (Å²) in [5.41, 5.74) is 3.39. The summed E-state index contributed by atoms with van der Waals surface area (Å²) in [6.45, 7) is 1.36. The van der Waals surface area contributed by atoms with E-state index in [0.29, 0.717) is 42.0 Å². The zero-order valence-electron chi connectivity index (χ0n) is 24.5. The standard InChI is InChI=1S/C33H37BN2O8/c1-2-6-21-16-26-31(33(41)36(32(26)40)23-8-5-7-22(17-23)34(42)43)27(19-38)30(21)29(39)13-10-20(28-9-3-4-14-35-28)15-24-11-12-25(18-37)44-24/h3-5,7-9,11-12,14-15,17,26-27,29,31,37-39,42-43H,2,6,10,13,16,18-19H2,1H3/b20-15-/t26-,27+,29-,31-/m1/s1. The molecule has 0 unspecified atom stereocenters. The number of fused-ring (bicyclic) bond motifs is 1. The van der Waals surface area contributed by atoms with Gasteiger partial charge in [-0.25, -0.2) is 0 Å². The maximum absolute atomic E-state index is 13.8. The zero-order valence-corrected chi connectivity index (χ0v) is 24.5. The lowest BCUT2D eigenvalue weighted by Crippen LogP contribution is -2.39. The maximum Gasteiger partial charge on any atom is 0.488 e. The largest absolute Gasteiger partial charge is 0.488 e. The molecule has 2 aromatic heterocycles. The molecule has 11 heteroatoms. The molecule has 1 fully saturated rings. The summed E-state index contributed by atoms with van der Waals surface area (Å²) in [6, 6.07) is 15.0. The number of carbonyl (C=O) groups is 2. The topological polar surface area (TPSA) is 165 Å². The minimum absolute atomic E-state index is 0.150. The minimum atomic E-state index is -1.76. The van der Waals surface area contributed by atoms with Gasteiger partial charge in [-0.05, 0) is 84.8 Å². The number of hydrogen-bond acceptors (Lipinski definition) is 9. The van der Waals surface area contributed by atoms with E-state index >= 15 is 0 Å². The Morgan fingerprint density at radius 2 is 1.93 bits per heavy atom. The number of aliphatic hydroxyl groups excluding tert-OH is 3. The second-order valence-electron chi connectivity index (χ2n) is 11.3. The predicted molar refractivity (Wildman–Crippen MR) is 165 cm³/mol. The van der Waals surface area contributed by atoms with E-state index in [2.05, 4.69) is 4.98 Å². The third-order valence-electron chi connectivity index (χ3n) is 8.55. The highest BCUT2D eigenvalue weighted by Gasteiger charge is 2.55. The molecule has 2 amide bonds. The van der Waals surface area contributed by atoms with Crippen LogP contribution in [0.25, 0.3) is 11.6 Å². The molecule has 0 bridgehead atoms. The molecule has 5 N–H and O–H groups in total. The van der Waals surface area contributed by atoms with Gasteiger partial charge < -0.3 is 29.8 Å². The molecule has 0 radical (unpaired) electrons. The van der Waals surface area contributed by atoms with E-state index in [1.165, 1.54) is 12.1 Å². The maximum atomic E-state index is 13.8. The Morgan fingerprint density at radius 1 is 1.11 bits per heavy atom. The molecule has 1 saturated heterocycles. The lowest BCUT2D eigenvalue weighted by Gasteiger charge is -2.36. The number of aromatic nitrogens is 1. The van der Waals surface area contributed by atoms with Gasteiger partial charge in [0.1, 0.15) is 18.1 Å². The van der Waals surface area contributed by atoms with Crippen LogP contribution in [-0.2, 0) is 16.2 Å². The van der Waals surface area contributed by atoms with Crippen LogP contribution in [0.2, 0.25) is 0 Å². The van der Waals surface area contributed by atoms with Crippen molar-refractivity contribution in [2.24, 2.45) is 17.8 Å². The molecule has 1 aliphatic carbocycles. The van der Waals surface area contributed by atoms with Crippen molar-refractivity contribution < 1.29 is 39.4 Å². The summed E-state index contributed by atoms with van der Waals surface area (Å²) >= 11 is 0. The Labute approximate surface area is 256 Å². The Bertz CT molecular complexity index is 1550. The van der Waals surface area contributed by atoms with Gasteiger partial charge >= 0.3 is 7.12 Å². The van der Waals surface area contributed by atoms with Crippen LogP contribution < -0.4 is 10.4 Å². The average molecular weight is 600 g/mol. The van der Waals surface area contributed by atoms with Crippen molar-refractivity contribution in [1.29, 1.82) is 0 Å². The molecule has 5 rings (SSSR count). The number of benzene rings is 1. The number of pyridine rings is 1. The number of carbonyl (C=O) groups excluding carboxylic acids is 2. The lowest BCUT2D eigenvalue weighted by molar-refractivity contribution is -0.123. The quantitative estimate of drug-likeness (QED) is 0.119. The van der Waals surface area contributed by atoms with Crippen LogP contribution in [0.4, 0.5) is 5.69 Å². The van der Waals surface area contributed by atoms with Gasteiger partial charge in [0.15, 0.2) is 0 Å². The van der Waals surface area contributed by atoms with E-state index in [1.54, 1.807) is 30.5 Å². The molecule has 4 atom stereocenters. The highest BCUT2D eigenvalue weighted by molar-refractivity contribution is 6.58. The van der Waals surface area contributed by atoms with Crippen LogP contribution in [0.1, 0.15) is 56.2 Å². The Hall–Kier alpha value is -3.87. The fourth-order valence-electron chi connectivity index (χ4n) is 6.58. The molecule has 10 nitrogen and oxygen atoms in total. The van der Waals surface area contributed by atoms with Gasteiger partial charge in [0.2, 0.25) is 11.8 Å². The zero-order chi connectivity index (χ0) is 31.4. The van der Waals surface area contributed by atoms with E-state index < -0.39 is 49.4 Å². The fourth-order valence-corrected chi connectivity index (χ4v) is 6.58. The van der Waals surface area contributed by atoms with Crippen molar-refractivity contribution in [1.82, 2.24) is 4.98 Å². The number of imide groups is 1. The molecule has 1 aliphatic heterocycles. The molecule has 1 aromatic carbocycles. The molecule has 3 heterocycles. The highest BCUT2D eigenvalue weighted by Crippen LogP contribution is 2.48. The normalized spacial score (nSPS) is 21.2. The van der Waals surface area contributed by atoms with Crippen LogP contribution >= 0.6 is 0 Å². The summed E-state index contributed by atoms with van der Waals surface area (Å²) in [7, 11) is -1.76. The molecule has 0 saturated carbocycles. The number of rotatable bonds is 12. The van der Waals surface area contributed by atoms with E-state index in [4.69, 9.17) is 4.42 Å². The van der Waals surface area contributed by atoms with E-state index in [0.717, 1.165) is 22.5 Å². The van der Waals surface area contributed by atoms with Gasteiger partial charge in [0, 0.05) is 12.1 Å². The number of anilines is 1. The Kier molecular flexibility index (Phi) is 9.92. The van der Waals surface area contributed by atoms with E-state index in [9.17, 15) is 35.0 Å². The number of aliphatic hydroxyl groups is 3. The Morgan fingerprint density at radius 3 is 2.59 bits per heavy atom. The predicted octanol–water partition coefficient (Wildman–Crippen LogP) is 2.44. The smallest absolute Gasteiger partial charge is 0.459 e. The molecular formula is C33H37BN2O8. The van der Waals surface area contributed by atoms with Gasteiger partial charge in [-0.1, -0.05) is 37.1 Å². The van der Waals surface area contributed by atoms with Crippen LogP contribution in [0, 0.1) is 17.8 Å². The third-order valence-corrected chi connectivity index (χ3v) is 8.55. The van der Waals surface area contributed by atoms with Crippen molar-refractivity contribution in [3.05, 3.63) is 89.2 Å². The monoisotopic (exact) mass is 600 g/mol. The summed E-state index contributed by atoms with van der Waals surface area (Å²) in [5.74, 6) is -2.20. The molecule has 230 valence electrons. The molecule has 3 aromatic rings. The summed E-state index contributed by atoms with van der Waals surface area (Å²) < 4.78 is 5.67. The number of nitrogens with zero attached hydrogens (tertiary/aromatic N) is 2. The second-order valence-corrected chi connectivity index (χ2v) is 11.3. The number of furan rings is 1.